The molecule has 39 heavy (non-hydrogen) atoms. The van der Waals surface area contributed by atoms with Gasteiger partial charge in [0.1, 0.15) is 17.1 Å². The largest absolute Gasteiger partial charge is 0.507 e. The number of aromatic hydroxyl groups is 1. The van der Waals surface area contributed by atoms with E-state index in [2.05, 4.69) is 20.1 Å². The van der Waals surface area contributed by atoms with Gasteiger partial charge in [-0.25, -0.2) is 14.4 Å². The molecule has 12 heteroatoms. The van der Waals surface area contributed by atoms with E-state index in [4.69, 9.17) is 9.47 Å². The highest BCUT2D eigenvalue weighted by Crippen LogP contribution is 2.28. The molecule has 3 N–H and O–H groups in total. The second-order valence-corrected chi connectivity index (χ2v) is 8.09. The van der Waals surface area contributed by atoms with E-state index in [-0.39, 0.29) is 53.9 Å². The smallest absolute Gasteiger partial charge is 0.397 e. The Hall–Kier alpha value is -4.61. The van der Waals surface area contributed by atoms with Crippen LogP contribution in [0.4, 0.5) is 5.69 Å². The summed E-state index contributed by atoms with van der Waals surface area (Å²) >= 11 is 0. The summed E-state index contributed by atoms with van der Waals surface area (Å²) in [5, 5.41) is 15.0. The van der Waals surface area contributed by atoms with Gasteiger partial charge in [-0.15, -0.1) is 0 Å². The van der Waals surface area contributed by atoms with Crippen LogP contribution in [0, 0.1) is 0 Å². The summed E-state index contributed by atoms with van der Waals surface area (Å²) in [7, 11) is 2.40. The monoisotopic (exact) mass is 544 g/mol. The number of carbonyl (C=O) groups is 5. The average molecular weight is 545 g/mol. The van der Waals surface area contributed by atoms with Crippen molar-refractivity contribution in [2.45, 2.75) is 32.6 Å². The minimum Gasteiger partial charge on any atom is -0.507 e. The number of amides is 2. The first-order chi connectivity index (χ1) is 18.7. The topological polar surface area (TPSA) is 167 Å². The highest BCUT2D eigenvalue weighted by atomic mass is 16.5. The summed E-state index contributed by atoms with van der Waals surface area (Å²) in [5.41, 5.74) is 0.730. The Bertz CT molecular complexity index is 1200. The zero-order valence-corrected chi connectivity index (χ0v) is 22.0. The Morgan fingerprint density at radius 3 is 2.38 bits per heavy atom. The molecule has 210 valence electrons. The summed E-state index contributed by atoms with van der Waals surface area (Å²) in [5.74, 6) is -3.74. The Morgan fingerprint density at radius 2 is 1.69 bits per heavy atom. The molecule has 0 bridgehead atoms. The lowest BCUT2D eigenvalue weighted by molar-refractivity contribution is -0.152. The van der Waals surface area contributed by atoms with Gasteiger partial charge in [-0.3, -0.25) is 9.59 Å². The number of phenols is 1. The molecule has 0 saturated heterocycles. The van der Waals surface area contributed by atoms with Crippen LogP contribution in [0.25, 0.3) is 0 Å². The van der Waals surface area contributed by atoms with Crippen LogP contribution in [-0.4, -0.2) is 68.8 Å². The molecule has 2 rings (SSSR count). The lowest BCUT2D eigenvalue weighted by Gasteiger charge is -2.12. The standard InChI is InChI=1S/C27H32N2O10/c1-4-38-27(35)24(32)29-19-12-10-17(16-18(19)25(33)36-2)11-13-22(31)28-14-5-6-15-39-21-9-7-8-20(30)23(21)26(34)37-3/h7-10,12,16,30H,4-6,11,13-15H2,1-3H3,(H,28,31)(H,29,32). The molecule has 2 amide bonds. The molecule has 0 aliphatic heterocycles. The van der Waals surface area contributed by atoms with Crippen molar-refractivity contribution in [3.05, 3.63) is 53.1 Å². The third-order valence-corrected chi connectivity index (χ3v) is 5.38. The average Bonchev–Trinajstić information content (AvgIpc) is 2.93. The van der Waals surface area contributed by atoms with Crippen molar-refractivity contribution < 1.29 is 48.0 Å². The van der Waals surface area contributed by atoms with Crippen LogP contribution < -0.4 is 15.4 Å². The molecule has 0 radical (unpaired) electrons. The second kappa shape index (κ2) is 15.6. The van der Waals surface area contributed by atoms with Gasteiger partial charge in [0.15, 0.2) is 0 Å². The number of phenolic OH excluding ortho intramolecular Hbond substituents is 1. The van der Waals surface area contributed by atoms with E-state index >= 15 is 0 Å². The maximum atomic E-state index is 12.3. The van der Waals surface area contributed by atoms with Gasteiger partial charge < -0.3 is 34.7 Å². The molecule has 0 spiro atoms. The van der Waals surface area contributed by atoms with Crippen LogP contribution in [0.2, 0.25) is 0 Å². The molecule has 0 fully saturated rings. The predicted molar refractivity (Wildman–Crippen MR) is 139 cm³/mol. The van der Waals surface area contributed by atoms with Crippen LogP contribution in [-0.2, 0) is 35.0 Å². The number of nitrogens with one attached hydrogen (secondary N) is 2. The Morgan fingerprint density at radius 1 is 0.949 bits per heavy atom. The fourth-order valence-corrected chi connectivity index (χ4v) is 3.44. The summed E-state index contributed by atoms with van der Waals surface area (Å²) in [6.07, 6.45) is 1.66. The first-order valence-corrected chi connectivity index (χ1v) is 12.2. The highest BCUT2D eigenvalue weighted by molar-refractivity contribution is 6.37. The number of hydrogen-bond donors (Lipinski definition) is 3. The van der Waals surface area contributed by atoms with Crippen LogP contribution in [0.3, 0.4) is 0 Å². The molecular weight excluding hydrogens is 512 g/mol. The van der Waals surface area contributed by atoms with E-state index in [9.17, 15) is 29.1 Å². The second-order valence-electron chi connectivity index (χ2n) is 8.09. The predicted octanol–water partition coefficient (Wildman–Crippen LogP) is 2.38. The third kappa shape index (κ3) is 9.33. The number of hydrogen-bond acceptors (Lipinski definition) is 10. The number of benzene rings is 2. The SMILES string of the molecule is CCOC(=O)C(=O)Nc1ccc(CCC(=O)NCCCCOc2cccc(O)c2C(=O)OC)cc1C(=O)OC. The highest BCUT2D eigenvalue weighted by Gasteiger charge is 2.20. The molecule has 0 aliphatic carbocycles. The molecule has 0 unspecified atom stereocenters. The molecule has 0 aliphatic rings. The fourth-order valence-electron chi connectivity index (χ4n) is 3.44. The number of esters is 3. The Kier molecular flexibility index (Phi) is 12.2. The number of rotatable bonds is 13. The third-order valence-electron chi connectivity index (χ3n) is 5.38. The van der Waals surface area contributed by atoms with Gasteiger partial charge in [0.25, 0.3) is 0 Å². The van der Waals surface area contributed by atoms with Gasteiger partial charge in [-0.1, -0.05) is 12.1 Å². The number of aryl methyl sites for hydroxylation is 1. The van der Waals surface area contributed by atoms with Crippen molar-refractivity contribution in [2.24, 2.45) is 0 Å². The van der Waals surface area contributed by atoms with Crippen molar-refractivity contribution in [1.82, 2.24) is 5.32 Å². The van der Waals surface area contributed by atoms with Crippen molar-refractivity contribution in [2.75, 3.05) is 39.3 Å². The number of ether oxygens (including phenoxy) is 4. The van der Waals surface area contributed by atoms with Crippen LogP contribution in [0.5, 0.6) is 11.5 Å². The van der Waals surface area contributed by atoms with Gasteiger partial charge in [-0.05, 0) is 56.0 Å². The fraction of sp³-hybridized carbons (Fsp3) is 0.370. The Labute approximate surface area is 225 Å². The van der Waals surface area contributed by atoms with Crippen molar-refractivity contribution in [3.8, 4) is 11.5 Å². The van der Waals surface area contributed by atoms with Crippen LogP contribution in [0.15, 0.2) is 36.4 Å². The van der Waals surface area contributed by atoms with Gasteiger partial charge in [0.2, 0.25) is 5.91 Å². The van der Waals surface area contributed by atoms with Gasteiger partial charge >= 0.3 is 23.8 Å². The van der Waals surface area contributed by atoms with E-state index in [1.807, 2.05) is 0 Å². The number of methoxy groups -OCH3 is 2. The maximum absolute atomic E-state index is 12.3. The zero-order chi connectivity index (χ0) is 28.8. The molecule has 0 heterocycles. The quantitative estimate of drug-likeness (QED) is 0.147. The van der Waals surface area contributed by atoms with Crippen LogP contribution >= 0.6 is 0 Å². The molecule has 2 aromatic rings. The van der Waals surface area contributed by atoms with E-state index in [0.717, 1.165) is 0 Å². The minimum atomic E-state index is -1.08. The van der Waals surface area contributed by atoms with Crippen molar-refractivity contribution >= 4 is 35.4 Å². The molecule has 12 nitrogen and oxygen atoms in total. The first-order valence-electron chi connectivity index (χ1n) is 12.2. The molecule has 0 atom stereocenters. The molecular formula is C27H32N2O10. The first kappa shape index (κ1) is 30.6. The lowest BCUT2D eigenvalue weighted by Crippen LogP contribution is -2.26. The van der Waals surface area contributed by atoms with Crippen LogP contribution in [0.1, 0.15) is 52.5 Å². The van der Waals surface area contributed by atoms with Gasteiger partial charge in [0.05, 0.1) is 38.7 Å². The normalized spacial score (nSPS) is 10.2. The summed E-state index contributed by atoms with van der Waals surface area (Å²) in [6, 6.07) is 9.04. The van der Waals surface area contributed by atoms with Gasteiger partial charge in [-0.2, -0.15) is 0 Å². The van der Waals surface area contributed by atoms with E-state index < -0.39 is 23.8 Å². The molecule has 0 saturated carbocycles. The van der Waals surface area contributed by atoms with E-state index in [1.165, 1.54) is 32.4 Å². The summed E-state index contributed by atoms with van der Waals surface area (Å²) in [6.45, 7) is 2.26. The number of unbranched alkanes of at least 4 members (excludes halogenated alkanes) is 1. The summed E-state index contributed by atoms with van der Waals surface area (Å²) < 4.78 is 19.7. The maximum Gasteiger partial charge on any atom is 0.397 e. The zero-order valence-electron chi connectivity index (χ0n) is 22.0. The number of carbonyl (C=O) groups excluding carboxylic acids is 5. The van der Waals surface area contributed by atoms with Crippen molar-refractivity contribution in [1.29, 1.82) is 0 Å². The Balaban J connectivity index is 1.81. The van der Waals surface area contributed by atoms with E-state index in [1.54, 1.807) is 25.1 Å². The number of anilines is 1. The molecule has 2 aromatic carbocycles. The van der Waals surface area contributed by atoms with Crippen molar-refractivity contribution in [3.63, 3.8) is 0 Å². The van der Waals surface area contributed by atoms with E-state index in [0.29, 0.717) is 31.4 Å². The lowest BCUT2D eigenvalue weighted by atomic mass is 10.0. The summed E-state index contributed by atoms with van der Waals surface area (Å²) in [4.78, 5) is 59.8. The minimum absolute atomic E-state index is 0.0296. The molecule has 0 aromatic heterocycles. The van der Waals surface area contributed by atoms with Gasteiger partial charge in [0, 0.05) is 13.0 Å².